The fourth-order valence-corrected chi connectivity index (χ4v) is 2.99. The first kappa shape index (κ1) is 13.9. The summed E-state index contributed by atoms with van der Waals surface area (Å²) in [7, 11) is 2.21. The van der Waals surface area contributed by atoms with E-state index >= 15 is 0 Å². The van der Waals surface area contributed by atoms with Crippen molar-refractivity contribution in [3.05, 3.63) is 34.9 Å². The van der Waals surface area contributed by atoms with Gasteiger partial charge in [0.25, 0.3) is 0 Å². The Bertz CT molecular complexity index is 377. The lowest BCUT2D eigenvalue weighted by Crippen LogP contribution is -2.41. The molecule has 3 atom stereocenters. The lowest BCUT2D eigenvalue weighted by atomic mass is 9.89. The Morgan fingerprint density at radius 1 is 1.28 bits per heavy atom. The molecule has 2 N–H and O–H groups in total. The minimum atomic E-state index is 0.378. The quantitative estimate of drug-likeness (QED) is 0.906. The smallest absolute Gasteiger partial charge is 0.0406 e. The summed E-state index contributed by atoms with van der Waals surface area (Å²) in [5, 5.41) is 0.799. The number of rotatable bonds is 3. The van der Waals surface area contributed by atoms with E-state index in [9.17, 15) is 0 Å². The van der Waals surface area contributed by atoms with Crippen LogP contribution in [-0.2, 0) is 0 Å². The van der Waals surface area contributed by atoms with Crippen LogP contribution < -0.4 is 5.73 Å². The van der Waals surface area contributed by atoms with E-state index in [0.29, 0.717) is 18.1 Å². The Balaban J connectivity index is 2.03. The zero-order valence-electron chi connectivity index (χ0n) is 11.3. The van der Waals surface area contributed by atoms with Crippen LogP contribution >= 0.6 is 11.6 Å². The van der Waals surface area contributed by atoms with Crippen LogP contribution in [0.1, 0.15) is 44.2 Å². The summed E-state index contributed by atoms with van der Waals surface area (Å²) in [6, 6.07) is 9.57. The van der Waals surface area contributed by atoms with E-state index in [1.165, 1.54) is 24.8 Å². The van der Waals surface area contributed by atoms with Gasteiger partial charge >= 0.3 is 0 Å². The van der Waals surface area contributed by atoms with Crippen LogP contribution in [0.3, 0.4) is 0 Å². The van der Waals surface area contributed by atoms with Gasteiger partial charge in [0, 0.05) is 23.1 Å². The Hall–Kier alpha value is -0.570. The highest BCUT2D eigenvalue weighted by molar-refractivity contribution is 6.30. The molecule has 0 spiro atoms. The molecule has 0 bridgehead atoms. The molecule has 1 aliphatic carbocycles. The van der Waals surface area contributed by atoms with Crippen molar-refractivity contribution in [1.29, 1.82) is 0 Å². The third-order valence-corrected chi connectivity index (χ3v) is 4.48. The van der Waals surface area contributed by atoms with Crippen molar-refractivity contribution in [2.24, 2.45) is 5.73 Å². The van der Waals surface area contributed by atoms with E-state index in [2.05, 4.69) is 31.0 Å². The molecule has 0 aliphatic heterocycles. The number of halogens is 1. The van der Waals surface area contributed by atoms with Crippen LogP contribution in [0.5, 0.6) is 0 Å². The summed E-state index contributed by atoms with van der Waals surface area (Å²) >= 11 is 5.93. The van der Waals surface area contributed by atoms with Crippen molar-refractivity contribution < 1.29 is 0 Å². The molecular weight excluding hydrogens is 244 g/mol. The molecular formula is C15H23ClN2. The second-order valence-corrected chi connectivity index (χ2v) is 5.91. The summed E-state index contributed by atoms with van der Waals surface area (Å²) in [6.45, 7) is 2.25. The van der Waals surface area contributed by atoms with Gasteiger partial charge < -0.3 is 5.73 Å². The van der Waals surface area contributed by atoms with Gasteiger partial charge in [-0.3, -0.25) is 4.90 Å². The molecule has 0 radical (unpaired) electrons. The fraction of sp³-hybridized carbons (Fsp3) is 0.600. The number of nitrogens with two attached hydrogens (primary N) is 1. The highest BCUT2D eigenvalue weighted by Gasteiger charge is 2.25. The van der Waals surface area contributed by atoms with E-state index in [1.54, 1.807) is 0 Å². The average Bonchev–Trinajstić information content (AvgIpc) is 2.38. The maximum atomic E-state index is 6.08. The first-order valence-corrected chi connectivity index (χ1v) is 7.18. The van der Waals surface area contributed by atoms with Crippen LogP contribution in [0.15, 0.2) is 24.3 Å². The Kier molecular flexibility index (Phi) is 4.66. The van der Waals surface area contributed by atoms with Gasteiger partial charge in [-0.05, 0) is 50.9 Å². The fourth-order valence-electron chi connectivity index (χ4n) is 2.86. The molecule has 18 heavy (non-hydrogen) atoms. The lowest BCUT2D eigenvalue weighted by Gasteiger charge is -2.37. The number of nitrogens with zero attached hydrogens (tertiary/aromatic N) is 1. The maximum Gasteiger partial charge on any atom is 0.0406 e. The Morgan fingerprint density at radius 2 is 1.94 bits per heavy atom. The molecule has 0 saturated heterocycles. The third kappa shape index (κ3) is 3.25. The minimum absolute atomic E-state index is 0.378. The molecule has 1 aliphatic rings. The van der Waals surface area contributed by atoms with Crippen LogP contribution in [0.2, 0.25) is 5.02 Å². The maximum absolute atomic E-state index is 6.08. The molecule has 1 aromatic rings. The lowest BCUT2D eigenvalue weighted by molar-refractivity contribution is 0.138. The minimum Gasteiger partial charge on any atom is -0.328 e. The number of benzene rings is 1. The van der Waals surface area contributed by atoms with Crippen molar-refractivity contribution in [3.63, 3.8) is 0 Å². The average molecular weight is 267 g/mol. The van der Waals surface area contributed by atoms with Gasteiger partial charge in [0.05, 0.1) is 0 Å². The van der Waals surface area contributed by atoms with Crippen LogP contribution in [0, 0.1) is 0 Å². The molecule has 0 amide bonds. The molecule has 1 aromatic carbocycles. The highest BCUT2D eigenvalue weighted by atomic mass is 35.5. The highest BCUT2D eigenvalue weighted by Crippen LogP contribution is 2.28. The summed E-state index contributed by atoms with van der Waals surface area (Å²) in [5.74, 6) is 0. The van der Waals surface area contributed by atoms with E-state index < -0.39 is 0 Å². The van der Waals surface area contributed by atoms with E-state index in [0.717, 1.165) is 11.4 Å². The third-order valence-electron chi connectivity index (χ3n) is 4.23. The van der Waals surface area contributed by atoms with Crippen molar-refractivity contribution in [1.82, 2.24) is 4.90 Å². The van der Waals surface area contributed by atoms with Gasteiger partial charge in [-0.2, -0.15) is 0 Å². The molecule has 3 unspecified atom stereocenters. The van der Waals surface area contributed by atoms with Crippen molar-refractivity contribution >= 4 is 11.6 Å². The molecule has 100 valence electrons. The van der Waals surface area contributed by atoms with Crippen LogP contribution in [0.25, 0.3) is 0 Å². The van der Waals surface area contributed by atoms with E-state index in [-0.39, 0.29) is 0 Å². The van der Waals surface area contributed by atoms with Crippen molar-refractivity contribution in [3.8, 4) is 0 Å². The van der Waals surface area contributed by atoms with Crippen LogP contribution in [-0.4, -0.2) is 24.0 Å². The zero-order chi connectivity index (χ0) is 13.1. The second-order valence-electron chi connectivity index (χ2n) is 5.47. The molecule has 1 fully saturated rings. The summed E-state index contributed by atoms with van der Waals surface area (Å²) in [6.07, 6.45) is 4.82. The largest absolute Gasteiger partial charge is 0.328 e. The summed E-state index contributed by atoms with van der Waals surface area (Å²) < 4.78 is 0. The standard InChI is InChI=1S/C15H23ClN2/c1-11(12-6-8-13(16)9-7-12)18(2)15-5-3-4-14(17)10-15/h6-9,11,14-15H,3-5,10,17H2,1-2H3. The van der Waals surface area contributed by atoms with E-state index in [1.807, 2.05) is 12.1 Å². The van der Waals surface area contributed by atoms with Gasteiger partial charge in [0.15, 0.2) is 0 Å². The first-order chi connectivity index (χ1) is 8.58. The summed E-state index contributed by atoms with van der Waals surface area (Å²) in [4.78, 5) is 2.46. The first-order valence-electron chi connectivity index (χ1n) is 6.81. The van der Waals surface area contributed by atoms with Crippen LogP contribution in [0.4, 0.5) is 0 Å². The molecule has 0 aromatic heterocycles. The topological polar surface area (TPSA) is 29.3 Å². The number of hydrogen-bond donors (Lipinski definition) is 1. The summed E-state index contributed by atoms with van der Waals surface area (Å²) in [5.41, 5.74) is 7.40. The van der Waals surface area contributed by atoms with E-state index in [4.69, 9.17) is 17.3 Å². The predicted octanol–water partition coefficient (Wildman–Crippen LogP) is 3.60. The van der Waals surface area contributed by atoms with Gasteiger partial charge in [-0.15, -0.1) is 0 Å². The SMILES string of the molecule is CC(c1ccc(Cl)cc1)N(C)C1CCCC(N)C1. The molecule has 3 heteroatoms. The molecule has 0 heterocycles. The van der Waals surface area contributed by atoms with Gasteiger partial charge in [-0.25, -0.2) is 0 Å². The van der Waals surface area contributed by atoms with Crippen molar-refractivity contribution in [2.45, 2.75) is 50.7 Å². The van der Waals surface area contributed by atoms with Crippen molar-refractivity contribution in [2.75, 3.05) is 7.05 Å². The molecule has 2 rings (SSSR count). The van der Waals surface area contributed by atoms with Gasteiger partial charge in [0.1, 0.15) is 0 Å². The second kappa shape index (κ2) is 6.05. The molecule has 1 saturated carbocycles. The van der Waals surface area contributed by atoms with Gasteiger partial charge in [-0.1, -0.05) is 30.2 Å². The zero-order valence-corrected chi connectivity index (χ0v) is 12.0. The Labute approximate surface area is 115 Å². The normalized spacial score (nSPS) is 26.3. The molecule has 2 nitrogen and oxygen atoms in total. The predicted molar refractivity (Wildman–Crippen MR) is 77.9 cm³/mol. The van der Waals surface area contributed by atoms with Gasteiger partial charge in [0.2, 0.25) is 0 Å². The Morgan fingerprint density at radius 3 is 2.56 bits per heavy atom. The monoisotopic (exact) mass is 266 g/mol. The number of hydrogen-bond acceptors (Lipinski definition) is 2.